The molecule has 4 aromatic rings. The molecule has 0 aliphatic heterocycles. The van der Waals surface area contributed by atoms with Gasteiger partial charge in [0.1, 0.15) is 23.3 Å². The van der Waals surface area contributed by atoms with E-state index >= 15 is 0 Å². The van der Waals surface area contributed by atoms with Crippen molar-refractivity contribution in [3.63, 3.8) is 0 Å². The molecule has 0 aliphatic rings. The van der Waals surface area contributed by atoms with Crippen LogP contribution in [0.2, 0.25) is 0 Å². The molecule has 0 saturated carbocycles. The first kappa shape index (κ1) is 22.2. The van der Waals surface area contributed by atoms with Gasteiger partial charge < -0.3 is 18.6 Å². The van der Waals surface area contributed by atoms with E-state index < -0.39 is 22.3 Å². The molecule has 0 bridgehead atoms. The van der Waals surface area contributed by atoms with Crippen molar-refractivity contribution < 1.29 is 33.1 Å². The number of nitrogens with zero attached hydrogens (tertiary/aromatic N) is 1. The fourth-order valence-corrected chi connectivity index (χ4v) is 3.04. The monoisotopic (exact) mass is 461 g/mol. The van der Waals surface area contributed by atoms with E-state index in [-0.39, 0.29) is 33.7 Å². The highest BCUT2D eigenvalue weighted by atomic mass is 16.6. The summed E-state index contributed by atoms with van der Waals surface area (Å²) in [5.74, 6) is -1.000. The minimum atomic E-state index is -0.805. The third kappa shape index (κ3) is 4.60. The first-order chi connectivity index (χ1) is 16.4. The number of fused-ring (bicyclic) bond motifs is 1. The number of nitro benzene ring substituents is 1. The maximum absolute atomic E-state index is 12.8. The molecule has 0 atom stereocenters. The number of rotatable bonds is 6. The molecular formula is C24H15NO9. The summed E-state index contributed by atoms with van der Waals surface area (Å²) in [6.45, 7) is 0. The topological polar surface area (TPSA) is 135 Å². The van der Waals surface area contributed by atoms with Crippen LogP contribution in [-0.2, 0) is 4.74 Å². The molecule has 1 aromatic heterocycles. The van der Waals surface area contributed by atoms with Gasteiger partial charge in [-0.1, -0.05) is 6.07 Å². The second-order valence-corrected chi connectivity index (χ2v) is 6.90. The fourth-order valence-electron chi connectivity index (χ4n) is 3.04. The Balaban J connectivity index is 1.54. The SMILES string of the molecule is COC(=O)c1ccc(Oc2coc3cc(OC(=O)c4cccc([N+](=O)[O-])c4)ccc3c2=O)cc1. The number of hydrogen-bond donors (Lipinski definition) is 0. The Labute approximate surface area is 191 Å². The molecule has 3 aromatic carbocycles. The Bertz CT molecular complexity index is 1470. The fraction of sp³-hybridized carbons (Fsp3) is 0.0417. The standard InChI is InChI=1S/C24H15NO9/c1-31-23(27)14-5-7-17(8-6-14)33-21-13-32-20-12-18(9-10-19(20)22(21)26)34-24(28)15-3-2-4-16(11-15)25(29)30/h2-13H,1H3. The van der Waals surface area contributed by atoms with E-state index in [0.29, 0.717) is 11.3 Å². The van der Waals surface area contributed by atoms with E-state index in [1.807, 2.05) is 0 Å². The van der Waals surface area contributed by atoms with Crippen LogP contribution < -0.4 is 14.9 Å². The third-order valence-corrected chi connectivity index (χ3v) is 4.72. The Hall–Kier alpha value is -4.99. The van der Waals surface area contributed by atoms with Crippen molar-refractivity contribution in [2.45, 2.75) is 0 Å². The van der Waals surface area contributed by atoms with Gasteiger partial charge in [0.05, 0.1) is 28.5 Å². The lowest BCUT2D eigenvalue weighted by atomic mass is 10.2. The summed E-state index contributed by atoms with van der Waals surface area (Å²) in [6.07, 6.45) is 1.12. The summed E-state index contributed by atoms with van der Waals surface area (Å²) in [5.41, 5.74) is -0.241. The Morgan fingerprint density at radius 1 is 0.912 bits per heavy atom. The molecule has 34 heavy (non-hydrogen) atoms. The summed E-state index contributed by atoms with van der Waals surface area (Å²) in [5, 5.41) is 11.1. The number of benzene rings is 3. The van der Waals surface area contributed by atoms with Crippen LogP contribution in [0.1, 0.15) is 20.7 Å². The van der Waals surface area contributed by atoms with Crippen LogP contribution in [-0.4, -0.2) is 24.0 Å². The number of hydrogen-bond acceptors (Lipinski definition) is 9. The summed E-state index contributed by atoms with van der Waals surface area (Å²) in [6, 6.07) is 15.3. The first-order valence-electron chi connectivity index (χ1n) is 9.74. The number of carbonyl (C=O) groups is 2. The number of methoxy groups -OCH3 is 1. The third-order valence-electron chi connectivity index (χ3n) is 4.72. The molecule has 0 radical (unpaired) electrons. The van der Waals surface area contributed by atoms with Crippen molar-refractivity contribution in [2.75, 3.05) is 7.11 Å². The predicted molar refractivity (Wildman–Crippen MR) is 118 cm³/mol. The molecule has 4 rings (SSSR count). The highest BCUT2D eigenvalue weighted by Crippen LogP contribution is 2.25. The van der Waals surface area contributed by atoms with E-state index in [2.05, 4.69) is 4.74 Å². The highest BCUT2D eigenvalue weighted by Gasteiger charge is 2.15. The van der Waals surface area contributed by atoms with Gasteiger partial charge in [0.2, 0.25) is 11.2 Å². The van der Waals surface area contributed by atoms with E-state index in [1.54, 1.807) is 0 Å². The van der Waals surface area contributed by atoms with Crippen LogP contribution >= 0.6 is 0 Å². The predicted octanol–water partition coefficient (Wildman–Crippen LogP) is 4.50. The summed E-state index contributed by atoms with van der Waals surface area (Å²) in [7, 11) is 1.27. The molecular weight excluding hydrogens is 446 g/mol. The lowest BCUT2D eigenvalue weighted by molar-refractivity contribution is -0.384. The van der Waals surface area contributed by atoms with E-state index in [0.717, 1.165) is 12.3 Å². The maximum Gasteiger partial charge on any atom is 0.343 e. The van der Waals surface area contributed by atoms with Gasteiger partial charge in [0, 0.05) is 18.2 Å². The quantitative estimate of drug-likeness (QED) is 0.176. The molecule has 1 heterocycles. The van der Waals surface area contributed by atoms with Gasteiger partial charge in [-0.3, -0.25) is 14.9 Å². The number of carbonyl (C=O) groups excluding carboxylic acids is 2. The lowest BCUT2D eigenvalue weighted by Crippen LogP contribution is -2.09. The molecule has 0 N–H and O–H groups in total. The second-order valence-electron chi connectivity index (χ2n) is 6.90. The van der Waals surface area contributed by atoms with E-state index in [4.69, 9.17) is 13.9 Å². The van der Waals surface area contributed by atoms with Gasteiger partial charge in [0.15, 0.2) is 0 Å². The van der Waals surface area contributed by atoms with Crippen molar-refractivity contribution in [1.29, 1.82) is 0 Å². The Morgan fingerprint density at radius 3 is 2.35 bits per heavy atom. The van der Waals surface area contributed by atoms with Gasteiger partial charge in [0.25, 0.3) is 5.69 Å². The largest absolute Gasteiger partial charge is 0.465 e. The van der Waals surface area contributed by atoms with Gasteiger partial charge in [-0.2, -0.15) is 0 Å². The number of nitro groups is 1. The molecule has 10 nitrogen and oxygen atoms in total. The van der Waals surface area contributed by atoms with Crippen LogP contribution in [0.4, 0.5) is 5.69 Å². The average Bonchev–Trinajstić information content (AvgIpc) is 2.85. The molecule has 10 heteroatoms. The molecule has 0 aliphatic carbocycles. The van der Waals surface area contributed by atoms with Crippen molar-refractivity contribution in [2.24, 2.45) is 0 Å². The molecule has 0 unspecified atom stereocenters. The van der Waals surface area contributed by atoms with Gasteiger partial charge in [-0.05, 0) is 42.5 Å². The van der Waals surface area contributed by atoms with Gasteiger partial charge >= 0.3 is 11.9 Å². The second kappa shape index (κ2) is 9.25. The van der Waals surface area contributed by atoms with Crippen LogP contribution in [0.3, 0.4) is 0 Å². The smallest absolute Gasteiger partial charge is 0.343 e. The maximum atomic E-state index is 12.8. The van der Waals surface area contributed by atoms with Crippen LogP contribution in [0.5, 0.6) is 17.2 Å². The Morgan fingerprint density at radius 2 is 1.65 bits per heavy atom. The number of ether oxygens (including phenoxy) is 3. The zero-order chi connectivity index (χ0) is 24.2. The van der Waals surface area contributed by atoms with Gasteiger partial charge in [-0.15, -0.1) is 0 Å². The number of non-ortho nitro benzene ring substituents is 1. The molecule has 170 valence electrons. The summed E-state index contributed by atoms with van der Waals surface area (Å²) in [4.78, 5) is 46.9. The molecule has 0 spiro atoms. The minimum Gasteiger partial charge on any atom is -0.465 e. The van der Waals surface area contributed by atoms with Crippen LogP contribution in [0, 0.1) is 10.1 Å². The first-order valence-corrected chi connectivity index (χ1v) is 9.74. The van der Waals surface area contributed by atoms with Crippen LogP contribution in [0.15, 0.2) is 82.2 Å². The Kier molecular flexibility index (Phi) is 6.04. The molecule has 0 saturated heterocycles. The number of esters is 2. The lowest BCUT2D eigenvalue weighted by Gasteiger charge is -2.08. The van der Waals surface area contributed by atoms with Crippen molar-refractivity contribution in [3.8, 4) is 17.2 Å². The molecule has 0 fully saturated rings. The minimum absolute atomic E-state index is 0.00212. The highest BCUT2D eigenvalue weighted by molar-refractivity contribution is 5.92. The van der Waals surface area contributed by atoms with Crippen molar-refractivity contribution in [3.05, 3.63) is 104 Å². The van der Waals surface area contributed by atoms with E-state index in [1.165, 1.54) is 67.8 Å². The molecule has 0 amide bonds. The zero-order valence-electron chi connectivity index (χ0n) is 17.5. The van der Waals surface area contributed by atoms with E-state index in [9.17, 15) is 24.5 Å². The van der Waals surface area contributed by atoms with Crippen molar-refractivity contribution in [1.82, 2.24) is 0 Å². The zero-order valence-corrected chi connectivity index (χ0v) is 17.5. The average molecular weight is 461 g/mol. The summed E-state index contributed by atoms with van der Waals surface area (Å²) >= 11 is 0. The normalized spacial score (nSPS) is 10.5. The summed E-state index contributed by atoms with van der Waals surface area (Å²) < 4.78 is 20.9. The van der Waals surface area contributed by atoms with Gasteiger partial charge in [-0.25, -0.2) is 9.59 Å². The van der Waals surface area contributed by atoms with Crippen molar-refractivity contribution >= 4 is 28.6 Å². The van der Waals surface area contributed by atoms with Crippen LogP contribution in [0.25, 0.3) is 11.0 Å².